The highest BCUT2D eigenvalue weighted by Crippen LogP contribution is 2.34. The summed E-state index contributed by atoms with van der Waals surface area (Å²) < 4.78 is 12.0. The average molecular weight is 644 g/mol. The highest BCUT2D eigenvalue weighted by atomic mass is 16.5. The van der Waals surface area contributed by atoms with E-state index >= 15 is 0 Å². The molecule has 0 bridgehead atoms. The number of nitrogens with one attached hydrogen (secondary N) is 2. The number of benzene rings is 3. The first-order valence-corrected chi connectivity index (χ1v) is 16.6. The van der Waals surface area contributed by atoms with Crippen LogP contribution in [0, 0.1) is 5.92 Å². The van der Waals surface area contributed by atoms with Gasteiger partial charge in [-0.3, -0.25) is 9.59 Å². The maximum atomic E-state index is 13.4. The minimum Gasteiger partial charge on any atom is -0.506 e. The van der Waals surface area contributed by atoms with E-state index in [4.69, 9.17) is 9.47 Å². The molecule has 1 aliphatic rings. The van der Waals surface area contributed by atoms with Crippen molar-refractivity contribution in [1.82, 2.24) is 10.2 Å². The summed E-state index contributed by atoms with van der Waals surface area (Å²) in [4.78, 5) is 26.6. The Morgan fingerprint density at radius 2 is 1.79 bits per heavy atom. The number of allylic oxidation sites excluding steroid dienone is 1. The number of aldehydes is 1. The van der Waals surface area contributed by atoms with Gasteiger partial charge in [0.1, 0.15) is 23.7 Å². The van der Waals surface area contributed by atoms with E-state index < -0.39 is 12.0 Å². The number of hydrogen-bond donors (Lipinski definition) is 4. The third kappa shape index (κ3) is 10.7. The number of esters is 1. The lowest BCUT2D eigenvalue weighted by Crippen LogP contribution is -2.32. The highest BCUT2D eigenvalue weighted by molar-refractivity contribution is 5.83. The molecule has 4 N–H and O–H groups in total. The summed E-state index contributed by atoms with van der Waals surface area (Å²) in [6, 6.07) is 20.7. The maximum absolute atomic E-state index is 13.4. The van der Waals surface area contributed by atoms with Crippen molar-refractivity contribution in [3.8, 4) is 11.5 Å². The van der Waals surface area contributed by atoms with Gasteiger partial charge >= 0.3 is 5.97 Å². The van der Waals surface area contributed by atoms with Crippen LogP contribution in [0.2, 0.25) is 0 Å². The third-order valence-electron chi connectivity index (χ3n) is 8.67. The first-order valence-electron chi connectivity index (χ1n) is 16.6. The summed E-state index contributed by atoms with van der Waals surface area (Å²) in [5, 5.41) is 27.2. The van der Waals surface area contributed by atoms with Gasteiger partial charge in [-0.05, 0) is 112 Å². The van der Waals surface area contributed by atoms with Crippen LogP contribution in [0.1, 0.15) is 66.4 Å². The average Bonchev–Trinajstić information content (AvgIpc) is 3.09. The molecule has 0 saturated carbocycles. The van der Waals surface area contributed by atoms with Crippen molar-refractivity contribution in [1.29, 1.82) is 0 Å². The molecule has 3 aromatic rings. The van der Waals surface area contributed by atoms with Crippen LogP contribution in [-0.2, 0) is 14.3 Å². The Morgan fingerprint density at radius 3 is 2.53 bits per heavy atom. The fourth-order valence-electron chi connectivity index (χ4n) is 5.97. The fraction of sp³-hybridized carbons (Fsp3) is 0.421. The van der Waals surface area contributed by atoms with Crippen molar-refractivity contribution in [2.75, 3.05) is 58.8 Å². The van der Waals surface area contributed by atoms with Gasteiger partial charge in [0, 0.05) is 19.2 Å². The number of hydrogen-bond acceptors (Lipinski definition) is 9. The molecule has 0 spiro atoms. The fourth-order valence-corrected chi connectivity index (χ4v) is 5.97. The van der Waals surface area contributed by atoms with E-state index in [1.807, 2.05) is 54.6 Å². The van der Waals surface area contributed by atoms with Crippen LogP contribution in [0.5, 0.6) is 11.5 Å². The molecule has 4 rings (SSSR count). The minimum atomic E-state index is -0.809. The van der Waals surface area contributed by atoms with Gasteiger partial charge in [-0.25, -0.2) is 0 Å². The molecule has 9 nitrogen and oxygen atoms in total. The summed E-state index contributed by atoms with van der Waals surface area (Å²) in [5.41, 5.74) is 3.41. The predicted octanol–water partition coefficient (Wildman–Crippen LogP) is 5.54. The van der Waals surface area contributed by atoms with Crippen molar-refractivity contribution in [2.24, 2.45) is 5.92 Å². The molecule has 0 radical (unpaired) electrons. The number of ether oxygens (including phenoxy) is 2. The number of carbonyl (C=O) groups excluding carboxylic acids is 2. The molecule has 0 aliphatic carbocycles. The molecule has 1 fully saturated rings. The number of likely N-dealkylation sites (tertiary alicyclic amines) is 1. The minimum absolute atomic E-state index is 0.0489. The van der Waals surface area contributed by atoms with E-state index in [1.165, 1.54) is 12.1 Å². The summed E-state index contributed by atoms with van der Waals surface area (Å²) in [7, 11) is 3.81. The number of carbonyl (C=O) groups is 2. The number of piperidine rings is 1. The van der Waals surface area contributed by atoms with Gasteiger partial charge in [0.15, 0.2) is 0 Å². The Morgan fingerprint density at radius 1 is 1.02 bits per heavy atom. The summed E-state index contributed by atoms with van der Waals surface area (Å²) in [5.74, 6) is 0.425. The number of unbranched alkanes of at least 4 members (excludes halogenated alkanes) is 2. The van der Waals surface area contributed by atoms with Crippen LogP contribution in [0.25, 0.3) is 6.08 Å². The van der Waals surface area contributed by atoms with Gasteiger partial charge in [0.05, 0.1) is 25.0 Å². The smallest absolute Gasteiger partial charge is 0.317 e. The van der Waals surface area contributed by atoms with E-state index in [1.54, 1.807) is 19.2 Å². The van der Waals surface area contributed by atoms with Gasteiger partial charge < -0.3 is 35.2 Å². The van der Waals surface area contributed by atoms with Gasteiger partial charge in [0.2, 0.25) is 0 Å². The largest absolute Gasteiger partial charge is 0.506 e. The molecule has 0 aromatic heterocycles. The lowest BCUT2D eigenvalue weighted by atomic mass is 9.91. The molecular weight excluding hydrogens is 594 g/mol. The number of phenolic OH excluding ortho intramolecular Hbond substituents is 1. The predicted molar refractivity (Wildman–Crippen MR) is 186 cm³/mol. The van der Waals surface area contributed by atoms with Gasteiger partial charge in [-0.1, -0.05) is 48.5 Å². The molecule has 2 atom stereocenters. The summed E-state index contributed by atoms with van der Waals surface area (Å²) in [6.45, 7) is 4.13. The highest BCUT2D eigenvalue weighted by Gasteiger charge is 2.27. The number of aliphatic hydroxyl groups is 1. The first kappa shape index (κ1) is 35.7. The van der Waals surface area contributed by atoms with E-state index in [2.05, 4.69) is 22.6 Å². The molecule has 1 aliphatic heterocycles. The number of aromatic hydroxyl groups is 1. The Labute approximate surface area is 278 Å². The van der Waals surface area contributed by atoms with Gasteiger partial charge in [-0.15, -0.1) is 0 Å². The number of anilines is 1. The molecule has 9 heteroatoms. The summed E-state index contributed by atoms with van der Waals surface area (Å²) in [6.07, 6.45) is 7.56. The van der Waals surface area contributed by atoms with Crippen molar-refractivity contribution >= 4 is 24.0 Å². The molecular formula is C38H49N3O6. The number of phenols is 1. The van der Waals surface area contributed by atoms with E-state index in [0.717, 1.165) is 68.6 Å². The molecule has 0 amide bonds. The van der Waals surface area contributed by atoms with Crippen LogP contribution in [0.4, 0.5) is 5.69 Å². The Balaban J connectivity index is 1.23. The normalized spacial score (nSPS) is 15.3. The maximum Gasteiger partial charge on any atom is 0.317 e. The van der Waals surface area contributed by atoms with Gasteiger partial charge in [-0.2, -0.15) is 0 Å². The SMILES string of the molecule is CNc1c(O)ccc(C(O)CNCCCCCOc2cccc(C(C(=O)OCC3CCN(C)CC3)c3ccccc3)c2)c1/C=C\C=O. The topological polar surface area (TPSA) is 120 Å². The van der Waals surface area contributed by atoms with Crippen LogP contribution in [-0.4, -0.2) is 80.9 Å². The molecule has 252 valence electrons. The van der Waals surface area contributed by atoms with Crippen molar-refractivity contribution < 1.29 is 29.3 Å². The zero-order valence-corrected chi connectivity index (χ0v) is 27.6. The quantitative estimate of drug-likeness (QED) is 0.0466. The van der Waals surface area contributed by atoms with Crippen molar-refractivity contribution in [2.45, 2.75) is 44.1 Å². The number of aliphatic hydroxyl groups excluding tert-OH is 1. The molecule has 2 unspecified atom stereocenters. The van der Waals surface area contributed by atoms with Crippen LogP contribution in [0.3, 0.4) is 0 Å². The van der Waals surface area contributed by atoms with Crippen molar-refractivity contribution in [3.05, 3.63) is 95.1 Å². The first-order chi connectivity index (χ1) is 22.9. The Hall–Kier alpha value is -4.18. The zero-order valence-electron chi connectivity index (χ0n) is 27.6. The molecule has 1 saturated heterocycles. The molecule has 47 heavy (non-hydrogen) atoms. The molecule has 3 aromatic carbocycles. The van der Waals surface area contributed by atoms with E-state index in [-0.39, 0.29) is 11.7 Å². The monoisotopic (exact) mass is 643 g/mol. The second-order valence-electron chi connectivity index (χ2n) is 12.1. The third-order valence-corrected chi connectivity index (χ3v) is 8.67. The second-order valence-corrected chi connectivity index (χ2v) is 12.1. The zero-order chi connectivity index (χ0) is 33.4. The molecule has 1 heterocycles. The van der Waals surface area contributed by atoms with E-state index in [0.29, 0.717) is 48.8 Å². The summed E-state index contributed by atoms with van der Waals surface area (Å²) >= 11 is 0. The lowest BCUT2D eigenvalue weighted by Gasteiger charge is -2.29. The second kappa shape index (κ2) is 18.8. The Kier molecular flexibility index (Phi) is 14.3. The number of rotatable bonds is 18. The van der Waals surface area contributed by atoms with Crippen LogP contribution in [0.15, 0.2) is 72.8 Å². The number of nitrogens with zero attached hydrogens (tertiary/aromatic N) is 1. The van der Waals surface area contributed by atoms with Crippen LogP contribution >= 0.6 is 0 Å². The van der Waals surface area contributed by atoms with Gasteiger partial charge in [0.25, 0.3) is 0 Å². The van der Waals surface area contributed by atoms with Crippen molar-refractivity contribution in [3.63, 3.8) is 0 Å². The van der Waals surface area contributed by atoms with Crippen LogP contribution < -0.4 is 15.4 Å². The lowest BCUT2D eigenvalue weighted by molar-refractivity contribution is -0.146. The van der Waals surface area contributed by atoms with E-state index in [9.17, 15) is 19.8 Å². The standard InChI is InChI=1S/C38H49N3O6/c1-39-37-33(15-10-23-42)32(16-17-34(37)43)35(44)26-40-20-7-4-8-24-46-31-14-9-13-30(25-31)36(29-11-5-3-6-12-29)38(45)47-27-28-18-21-41(2)22-19-28/h3,5-6,9-17,23,25,28,35-36,39-40,43-44H,4,7-8,18-22,24,26-27H2,1-2H3/b15-10-. The Bertz CT molecular complexity index is 1440.